The fraction of sp³-hybridized carbons (Fsp3) is 1.00. The maximum Gasteiger partial charge on any atom is 0.334 e. The minimum absolute atomic E-state index is 0.218. The fourth-order valence-corrected chi connectivity index (χ4v) is 0.289. The Morgan fingerprint density at radius 2 is 2.33 bits per heavy atom. The molecule has 0 saturated carbocycles. The SMILES string of the molecule is CCOS([O])=O. The predicted octanol–water partition coefficient (Wildman–Crippen LogP) is 0.0321. The summed E-state index contributed by atoms with van der Waals surface area (Å²) in [5, 5.41) is 0. The Morgan fingerprint density at radius 1 is 1.83 bits per heavy atom. The minimum atomic E-state index is -2.32. The Morgan fingerprint density at radius 3 is 2.33 bits per heavy atom. The Bertz CT molecular complexity index is 52.8. The van der Waals surface area contributed by atoms with E-state index in [4.69, 9.17) is 0 Å². The Balaban J connectivity index is 2.83. The Hall–Kier alpha value is 0.0700. The predicted molar refractivity (Wildman–Crippen MR) is 20.5 cm³/mol. The molecule has 0 N–H and O–H groups in total. The molecule has 0 aromatic carbocycles. The van der Waals surface area contributed by atoms with Crippen LogP contribution >= 0.6 is 0 Å². The van der Waals surface area contributed by atoms with Gasteiger partial charge in [0.05, 0.1) is 6.61 Å². The average Bonchev–Trinajstić information content (AvgIpc) is 1.35. The summed E-state index contributed by atoms with van der Waals surface area (Å²) in [6.07, 6.45) is 0. The first-order valence-electron chi connectivity index (χ1n) is 1.50. The molecule has 0 aromatic heterocycles. The second-order valence-electron chi connectivity index (χ2n) is 0.611. The molecule has 3 nitrogen and oxygen atoms in total. The molecule has 0 saturated heterocycles. The van der Waals surface area contributed by atoms with Gasteiger partial charge in [0.15, 0.2) is 0 Å². The molecular weight excluding hydrogens is 104 g/mol. The number of hydrogen-bond acceptors (Lipinski definition) is 2. The van der Waals surface area contributed by atoms with E-state index in [1.54, 1.807) is 6.92 Å². The molecule has 0 heterocycles. The molecule has 0 fully saturated rings. The smallest absolute Gasteiger partial charge is 0.267 e. The molecule has 0 rings (SSSR count). The molecule has 4 heteroatoms. The van der Waals surface area contributed by atoms with E-state index >= 15 is 0 Å². The van der Waals surface area contributed by atoms with Gasteiger partial charge in [0, 0.05) is 0 Å². The van der Waals surface area contributed by atoms with E-state index in [1.807, 2.05) is 0 Å². The topological polar surface area (TPSA) is 46.2 Å². The van der Waals surface area contributed by atoms with E-state index in [-0.39, 0.29) is 6.61 Å². The summed E-state index contributed by atoms with van der Waals surface area (Å²) in [6.45, 7) is 1.83. The maximum atomic E-state index is 9.38. The van der Waals surface area contributed by atoms with Crippen LogP contribution in [0.3, 0.4) is 0 Å². The number of rotatable bonds is 2. The van der Waals surface area contributed by atoms with Crippen LogP contribution in [0.25, 0.3) is 0 Å². The zero-order chi connectivity index (χ0) is 4.99. The molecule has 0 amide bonds. The number of hydrogen-bond donors (Lipinski definition) is 0. The van der Waals surface area contributed by atoms with Crippen molar-refractivity contribution in [1.82, 2.24) is 0 Å². The molecule has 1 atom stereocenters. The van der Waals surface area contributed by atoms with E-state index in [0.29, 0.717) is 0 Å². The van der Waals surface area contributed by atoms with Crippen LogP contribution in [0.15, 0.2) is 0 Å². The molecule has 0 spiro atoms. The highest BCUT2D eigenvalue weighted by Crippen LogP contribution is 1.74. The van der Waals surface area contributed by atoms with Crippen LogP contribution in [0.1, 0.15) is 6.92 Å². The van der Waals surface area contributed by atoms with Crippen LogP contribution in [0.4, 0.5) is 0 Å². The summed E-state index contributed by atoms with van der Waals surface area (Å²) in [6, 6.07) is 0. The Kier molecular flexibility index (Phi) is 3.31. The first kappa shape index (κ1) is 6.07. The normalized spacial score (nSPS) is 14.3. The lowest BCUT2D eigenvalue weighted by Crippen LogP contribution is -1.89. The minimum Gasteiger partial charge on any atom is -0.267 e. The first-order chi connectivity index (χ1) is 2.77. The van der Waals surface area contributed by atoms with Crippen LogP contribution in [0, 0.1) is 0 Å². The van der Waals surface area contributed by atoms with Crippen LogP contribution in [0.2, 0.25) is 0 Å². The highest BCUT2D eigenvalue weighted by atomic mass is 32.2. The van der Waals surface area contributed by atoms with Gasteiger partial charge in [0.2, 0.25) is 0 Å². The fourth-order valence-electron chi connectivity index (χ4n) is 0.0962. The van der Waals surface area contributed by atoms with Crippen LogP contribution in [0.5, 0.6) is 0 Å². The molecule has 0 aliphatic heterocycles. The van der Waals surface area contributed by atoms with Gasteiger partial charge in [-0.1, -0.05) is 4.55 Å². The summed E-state index contributed by atoms with van der Waals surface area (Å²) in [7, 11) is 0. The van der Waals surface area contributed by atoms with Gasteiger partial charge in [-0.2, -0.15) is 4.21 Å². The second-order valence-corrected chi connectivity index (χ2v) is 1.25. The monoisotopic (exact) mass is 109 g/mol. The van der Waals surface area contributed by atoms with E-state index in [9.17, 15) is 8.76 Å². The van der Waals surface area contributed by atoms with Crippen molar-refractivity contribution in [3.05, 3.63) is 0 Å². The molecule has 0 aliphatic rings. The third kappa shape index (κ3) is 4.07. The molecule has 0 bridgehead atoms. The lowest BCUT2D eigenvalue weighted by molar-refractivity contribution is 0.298. The van der Waals surface area contributed by atoms with Gasteiger partial charge in [-0.3, -0.25) is 4.18 Å². The van der Waals surface area contributed by atoms with Crippen molar-refractivity contribution in [3.8, 4) is 0 Å². The summed E-state index contributed by atoms with van der Waals surface area (Å²) in [4.78, 5) is 0. The van der Waals surface area contributed by atoms with Gasteiger partial charge in [0.1, 0.15) is 0 Å². The van der Waals surface area contributed by atoms with E-state index in [2.05, 4.69) is 4.18 Å². The molecule has 0 aliphatic carbocycles. The summed E-state index contributed by atoms with van der Waals surface area (Å²) in [5.41, 5.74) is 0. The van der Waals surface area contributed by atoms with Crippen molar-refractivity contribution in [1.29, 1.82) is 0 Å². The van der Waals surface area contributed by atoms with Gasteiger partial charge in [-0.05, 0) is 6.92 Å². The van der Waals surface area contributed by atoms with Gasteiger partial charge in [-0.15, -0.1) is 0 Å². The van der Waals surface area contributed by atoms with Gasteiger partial charge in [-0.25, -0.2) is 0 Å². The maximum absolute atomic E-state index is 9.38. The van der Waals surface area contributed by atoms with E-state index < -0.39 is 11.4 Å². The lowest BCUT2D eigenvalue weighted by Gasteiger charge is -1.82. The van der Waals surface area contributed by atoms with Gasteiger partial charge < -0.3 is 0 Å². The van der Waals surface area contributed by atoms with Crippen LogP contribution in [-0.4, -0.2) is 10.8 Å². The second kappa shape index (κ2) is 3.27. The zero-order valence-electron chi connectivity index (χ0n) is 3.34. The van der Waals surface area contributed by atoms with Crippen LogP contribution in [-0.2, 0) is 20.1 Å². The third-order valence-corrected chi connectivity index (χ3v) is 0.642. The van der Waals surface area contributed by atoms with Crippen molar-refractivity contribution in [3.63, 3.8) is 0 Å². The quantitative estimate of drug-likeness (QED) is 0.502. The molecule has 6 heavy (non-hydrogen) atoms. The standard InChI is InChI=1S/C2H5O3S/c1-2-5-6(3)4/h2H2,1H3. The average molecular weight is 109 g/mol. The van der Waals surface area contributed by atoms with Crippen molar-refractivity contribution >= 4 is 11.4 Å². The molecular formula is C2H5O3S. The Labute approximate surface area is 38.8 Å². The zero-order valence-corrected chi connectivity index (χ0v) is 4.16. The van der Waals surface area contributed by atoms with Gasteiger partial charge >= 0.3 is 11.4 Å². The third-order valence-electron chi connectivity index (χ3n) is 0.214. The van der Waals surface area contributed by atoms with Crippen molar-refractivity contribution in [2.75, 3.05) is 6.61 Å². The van der Waals surface area contributed by atoms with Crippen molar-refractivity contribution in [2.24, 2.45) is 0 Å². The molecule has 0 aromatic rings. The van der Waals surface area contributed by atoms with Crippen molar-refractivity contribution < 1.29 is 12.9 Å². The van der Waals surface area contributed by atoms with E-state index in [0.717, 1.165) is 0 Å². The molecule has 37 valence electrons. The summed E-state index contributed by atoms with van der Waals surface area (Å²) < 4.78 is 22.7. The van der Waals surface area contributed by atoms with E-state index in [1.165, 1.54) is 0 Å². The largest absolute Gasteiger partial charge is 0.334 e. The lowest BCUT2D eigenvalue weighted by atomic mass is 10.9. The van der Waals surface area contributed by atoms with Gasteiger partial charge in [0.25, 0.3) is 0 Å². The highest BCUT2D eigenvalue weighted by molar-refractivity contribution is 7.73. The van der Waals surface area contributed by atoms with Crippen molar-refractivity contribution in [2.45, 2.75) is 6.92 Å². The summed E-state index contributed by atoms with van der Waals surface area (Å²) >= 11 is -2.32. The van der Waals surface area contributed by atoms with Crippen LogP contribution < -0.4 is 0 Å². The molecule has 1 radical (unpaired) electrons. The highest BCUT2D eigenvalue weighted by Gasteiger charge is 1.85. The summed E-state index contributed by atoms with van der Waals surface area (Å²) in [5.74, 6) is 0. The molecule has 1 unspecified atom stereocenters. The first-order valence-corrected chi connectivity index (χ1v) is 2.50.